The molecule has 0 aliphatic carbocycles. The molecule has 1 aliphatic heterocycles. The van der Waals surface area contributed by atoms with Crippen LogP contribution in [0.4, 0.5) is 11.4 Å². The molecule has 1 amide bonds. The summed E-state index contributed by atoms with van der Waals surface area (Å²) in [5.41, 5.74) is 2.47. The normalized spacial score (nSPS) is 15.5. The van der Waals surface area contributed by atoms with Gasteiger partial charge >= 0.3 is 0 Å². The molecule has 1 heterocycles. The fraction of sp³-hybridized carbons (Fsp3) is 0.480. The van der Waals surface area contributed by atoms with Gasteiger partial charge in [0.25, 0.3) is 0 Å². The maximum atomic E-state index is 12.8. The van der Waals surface area contributed by atoms with Crippen LogP contribution in [0.1, 0.15) is 38.3 Å². The predicted octanol–water partition coefficient (Wildman–Crippen LogP) is 3.58. The van der Waals surface area contributed by atoms with Crippen molar-refractivity contribution in [1.82, 2.24) is 5.32 Å². The second kappa shape index (κ2) is 11.0. The van der Waals surface area contributed by atoms with Crippen LogP contribution in [-0.4, -0.2) is 54.4 Å². The van der Waals surface area contributed by atoms with E-state index >= 15 is 0 Å². The van der Waals surface area contributed by atoms with Crippen molar-refractivity contribution in [2.24, 2.45) is 5.92 Å². The first kappa shape index (κ1) is 25.7. The average Bonchev–Trinajstić information content (AvgIpc) is 2.82. The highest BCUT2D eigenvalue weighted by Crippen LogP contribution is 2.32. The Bertz CT molecular complexity index is 1080. The summed E-state index contributed by atoms with van der Waals surface area (Å²) in [7, 11) is -0.739. The van der Waals surface area contributed by atoms with Crippen LogP contribution in [-0.2, 0) is 14.8 Å². The summed E-state index contributed by atoms with van der Waals surface area (Å²) in [6, 6.07) is 12.7. The number of carbonyl (C=O) groups excluding carboxylic acids is 1. The summed E-state index contributed by atoms with van der Waals surface area (Å²) >= 11 is 0. The van der Waals surface area contributed by atoms with Crippen molar-refractivity contribution in [3.8, 4) is 11.5 Å². The van der Waals surface area contributed by atoms with E-state index in [4.69, 9.17) is 9.47 Å². The number of methoxy groups -OCH3 is 2. The molecule has 0 spiro atoms. The van der Waals surface area contributed by atoms with Crippen molar-refractivity contribution < 1.29 is 22.7 Å². The highest BCUT2D eigenvalue weighted by atomic mass is 32.2. The van der Waals surface area contributed by atoms with Gasteiger partial charge in [0.05, 0.1) is 32.2 Å². The minimum absolute atomic E-state index is 0.269. The summed E-state index contributed by atoms with van der Waals surface area (Å²) in [5, 5.41) is 2.91. The molecule has 1 aliphatic rings. The number of anilines is 2. The minimum atomic E-state index is -3.71. The second-order valence-electron chi connectivity index (χ2n) is 8.86. The van der Waals surface area contributed by atoms with Crippen molar-refractivity contribution in [3.63, 3.8) is 0 Å². The second-order valence-corrected chi connectivity index (χ2v) is 10.8. The Morgan fingerprint density at radius 3 is 2.26 bits per heavy atom. The largest absolute Gasteiger partial charge is 0.493 e. The first-order valence-electron chi connectivity index (χ1n) is 11.5. The van der Waals surface area contributed by atoms with E-state index in [1.165, 1.54) is 38.8 Å². The Morgan fingerprint density at radius 1 is 1.09 bits per heavy atom. The summed E-state index contributed by atoms with van der Waals surface area (Å²) < 4.78 is 36.5. The summed E-state index contributed by atoms with van der Waals surface area (Å²) in [4.78, 5) is 15.2. The molecular weight excluding hydrogens is 454 g/mol. The third-order valence-electron chi connectivity index (χ3n) is 6.26. The van der Waals surface area contributed by atoms with Crippen LogP contribution in [0, 0.1) is 5.92 Å². The smallest absolute Gasteiger partial charge is 0.241 e. The van der Waals surface area contributed by atoms with Gasteiger partial charge in [-0.25, -0.2) is 8.42 Å². The predicted molar refractivity (Wildman–Crippen MR) is 135 cm³/mol. The lowest BCUT2D eigenvalue weighted by atomic mass is 9.98. The molecular formula is C25H35N3O5S. The van der Waals surface area contributed by atoms with Gasteiger partial charge in [-0.3, -0.25) is 9.10 Å². The quantitative estimate of drug-likeness (QED) is 0.579. The van der Waals surface area contributed by atoms with Crippen molar-refractivity contribution in [2.75, 3.05) is 49.3 Å². The lowest BCUT2D eigenvalue weighted by Gasteiger charge is -2.32. The highest BCUT2D eigenvalue weighted by molar-refractivity contribution is 7.92. The molecule has 0 bridgehead atoms. The Morgan fingerprint density at radius 2 is 1.71 bits per heavy atom. The number of hydrogen-bond acceptors (Lipinski definition) is 6. The van der Waals surface area contributed by atoms with E-state index in [-0.39, 0.29) is 12.6 Å². The molecule has 1 N–H and O–H groups in total. The third kappa shape index (κ3) is 6.34. The number of piperidine rings is 1. The van der Waals surface area contributed by atoms with E-state index in [1.54, 1.807) is 12.1 Å². The van der Waals surface area contributed by atoms with Crippen LogP contribution in [0.3, 0.4) is 0 Å². The highest BCUT2D eigenvalue weighted by Gasteiger charge is 2.23. The fourth-order valence-corrected chi connectivity index (χ4v) is 4.97. The zero-order valence-corrected chi connectivity index (χ0v) is 21.4. The van der Waals surface area contributed by atoms with Crippen LogP contribution in [0.2, 0.25) is 0 Å². The minimum Gasteiger partial charge on any atom is -0.493 e. The average molecular weight is 490 g/mol. The maximum absolute atomic E-state index is 12.8. The van der Waals surface area contributed by atoms with Gasteiger partial charge < -0.3 is 19.7 Å². The third-order valence-corrected chi connectivity index (χ3v) is 7.40. The van der Waals surface area contributed by atoms with Gasteiger partial charge in [-0.05, 0) is 55.5 Å². The number of ether oxygens (including phenoxy) is 2. The molecule has 1 unspecified atom stereocenters. The van der Waals surface area contributed by atoms with Gasteiger partial charge in [0.1, 0.15) is 6.54 Å². The van der Waals surface area contributed by atoms with E-state index in [9.17, 15) is 13.2 Å². The molecule has 1 saturated heterocycles. The first-order chi connectivity index (χ1) is 16.1. The first-order valence-corrected chi connectivity index (χ1v) is 13.3. The van der Waals surface area contributed by atoms with Crippen molar-refractivity contribution in [1.29, 1.82) is 0 Å². The van der Waals surface area contributed by atoms with E-state index < -0.39 is 15.9 Å². The molecule has 9 heteroatoms. The van der Waals surface area contributed by atoms with Gasteiger partial charge in [-0.15, -0.1) is 0 Å². The molecule has 1 fully saturated rings. The molecule has 34 heavy (non-hydrogen) atoms. The van der Waals surface area contributed by atoms with E-state index in [1.807, 2.05) is 19.1 Å². The van der Waals surface area contributed by atoms with Gasteiger partial charge in [0.2, 0.25) is 15.9 Å². The molecule has 3 rings (SSSR count). The molecule has 186 valence electrons. The van der Waals surface area contributed by atoms with Crippen LogP contribution < -0.4 is 24.0 Å². The van der Waals surface area contributed by atoms with Gasteiger partial charge in [-0.1, -0.05) is 19.1 Å². The van der Waals surface area contributed by atoms with E-state index in [2.05, 4.69) is 29.3 Å². The van der Waals surface area contributed by atoms with Gasteiger partial charge in [0, 0.05) is 24.8 Å². The number of rotatable bonds is 9. The maximum Gasteiger partial charge on any atom is 0.241 e. The standard InChI is InChI=1S/C25H35N3O5S/c1-18-12-14-27(15-13-18)21-8-6-20(7-9-21)19(2)26-25(29)17-28(34(5,30)31)22-10-11-23(32-3)24(16-22)33-4/h6-11,16,18-19H,12-15,17H2,1-5H3,(H,26,29). The number of nitrogens with zero attached hydrogens (tertiary/aromatic N) is 2. The number of benzene rings is 2. The molecule has 2 aromatic carbocycles. The van der Waals surface area contributed by atoms with Gasteiger partial charge in [0.15, 0.2) is 11.5 Å². The Balaban J connectivity index is 1.67. The lowest BCUT2D eigenvalue weighted by Crippen LogP contribution is -2.41. The van der Waals surface area contributed by atoms with E-state index in [0.717, 1.165) is 35.1 Å². The van der Waals surface area contributed by atoms with Crippen molar-refractivity contribution in [3.05, 3.63) is 48.0 Å². The van der Waals surface area contributed by atoms with E-state index in [0.29, 0.717) is 17.2 Å². The molecule has 0 saturated carbocycles. The number of hydrogen-bond donors (Lipinski definition) is 1. The monoisotopic (exact) mass is 489 g/mol. The molecule has 1 atom stereocenters. The zero-order valence-electron chi connectivity index (χ0n) is 20.6. The van der Waals surface area contributed by atoms with Crippen LogP contribution in [0.5, 0.6) is 11.5 Å². The molecule has 2 aromatic rings. The van der Waals surface area contributed by atoms with Crippen LogP contribution in [0.25, 0.3) is 0 Å². The van der Waals surface area contributed by atoms with Crippen molar-refractivity contribution in [2.45, 2.75) is 32.7 Å². The zero-order chi connectivity index (χ0) is 24.9. The topological polar surface area (TPSA) is 88.2 Å². The lowest BCUT2D eigenvalue weighted by molar-refractivity contribution is -0.120. The van der Waals surface area contributed by atoms with Crippen molar-refractivity contribution >= 4 is 27.3 Å². The SMILES string of the molecule is COc1ccc(N(CC(=O)NC(C)c2ccc(N3CCC(C)CC3)cc2)S(C)(=O)=O)cc1OC. The fourth-order valence-electron chi connectivity index (χ4n) is 4.12. The van der Waals surface area contributed by atoms with Crippen LogP contribution in [0.15, 0.2) is 42.5 Å². The Labute approximate surface area is 202 Å². The molecule has 8 nitrogen and oxygen atoms in total. The van der Waals surface area contributed by atoms with Crippen LogP contribution >= 0.6 is 0 Å². The summed E-state index contributed by atoms with van der Waals surface area (Å²) in [6.45, 7) is 5.95. The summed E-state index contributed by atoms with van der Waals surface area (Å²) in [5.74, 6) is 1.23. The Hall–Kier alpha value is -2.94. The number of nitrogens with one attached hydrogen (secondary N) is 1. The number of amides is 1. The number of sulfonamides is 1. The molecule has 0 radical (unpaired) electrons. The number of carbonyl (C=O) groups is 1. The van der Waals surface area contributed by atoms with Gasteiger partial charge in [-0.2, -0.15) is 0 Å². The molecule has 0 aromatic heterocycles. The summed E-state index contributed by atoms with van der Waals surface area (Å²) in [6.07, 6.45) is 3.47. The Kier molecular flexibility index (Phi) is 8.30.